The molecule has 196 valence electrons. The molecule has 10 heteroatoms. The Balaban J connectivity index is 1.71. The molecule has 0 amide bonds. The summed E-state index contributed by atoms with van der Waals surface area (Å²) in [4.78, 5) is 33.2. The monoisotopic (exact) mass is 537 g/mol. The number of para-hydroxylation sites is 1. The Labute approximate surface area is 229 Å². The van der Waals surface area contributed by atoms with E-state index < -0.39 is 12.0 Å². The van der Waals surface area contributed by atoms with Gasteiger partial charge in [0, 0.05) is 29.6 Å². The number of aryl methyl sites for hydroxylation is 1. The summed E-state index contributed by atoms with van der Waals surface area (Å²) in [6, 6.07) is 18.0. The molecule has 39 heavy (non-hydrogen) atoms. The van der Waals surface area contributed by atoms with Crippen molar-refractivity contribution in [3.8, 4) is 22.7 Å². The number of amidine groups is 1. The number of aliphatic imine (C=N–C) groups is 1. The van der Waals surface area contributed by atoms with Gasteiger partial charge in [0.15, 0.2) is 0 Å². The molecule has 3 heterocycles. The number of nitrogens with zero attached hydrogens (tertiary/aromatic N) is 5. The molecule has 9 nitrogen and oxygen atoms in total. The lowest BCUT2D eigenvalue weighted by atomic mass is 10.0. The third-order valence-electron chi connectivity index (χ3n) is 6.34. The van der Waals surface area contributed by atoms with E-state index in [9.17, 15) is 4.79 Å². The molecule has 0 aliphatic rings. The SMILES string of the molecule is COc1cc(-c2cccc3nc(C(C)N=C(N)C(C=N)c4cnc(C)s4)n(-c4ccccc4)c(=O)c23)ccn1. The Morgan fingerprint density at radius 1 is 1.15 bits per heavy atom. The highest BCUT2D eigenvalue weighted by Crippen LogP contribution is 2.30. The highest BCUT2D eigenvalue weighted by Gasteiger charge is 2.22. The zero-order chi connectivity index (χ0) is 27.5. The van der Waals surface area contributed by atoms with E-state index in [0.29, 0.717) is 28.3 Å². The maximum absolute atomic E-state index is 14.3. The maximum Gasteiger partial charge on any atom is 0.266 e. The zero-order valence-electron chi connectivity index (χ0n) is 21.7. The largest absolute Gasteiger partial charge is 0.481 e. The summed E-state index contributed by atoms with van der Waals surface area (Å²) < 4.78 is 6.89. The maximum atomic E-state index is 14.3. The molecular formula is C29H27N7O2S. The van der Waals surface area contributed by atoms with Gasteiger partial charge in [-0.3, -0.25) is 14.4 Å². The van der Waals surface area contributed by atoms with Gasteiger partial charge < -0.3 is 15.9 Å². The molecule has 5 aromatic rings. The van der Waals surface area contributed by atoms with Crippen molar-refractivity contribution in [1.29, 1.82) is 5.41 Å². The van der Waals surface area contributed by atoms with Crippen molar-refractivity contribution in [2.75, 3.05) is 7.11 Å². The molecule has 0 fully saturated rings. The van der Waals surface area contributed by atoms with Gasteiger partial charge in [-0.1, -0.05) is 30.3 Å². The van der Waals surface area contributed by atoms with Crippen molar-refractivity contribution in [3.05, 3.63) is 99.1 Å². The highest BCUT2D eigenvalue weighted by molar-refractivity contribution is 7.11. The van der Waals surface area contributed by atoms with Crippen LogP contribution in [0.5, 0.6) is 5.88 Å². The number of pyridine rings is 1. The van der Waals surface area contributed by atoms with Crippen molar-refractivity contribution >= 4 is 34.3 Å². The molecule has 3 N–H and O–H groups in total. The smallest absolute Gasteiger partial charge is 0.266 e. The lowest BCUT2D eigenvalue weighted by molar-refractivity contribution is 0.398. The topological polar surface area (TPSA) is 132 Å². The fraction of sp³-hybridized carbons (Fsp3) is 0.172. The minimum atomic E-state index is -0.580. The van der Waals surface area contributed by atoms with E-state index in [2.05, 4.69) is 9.97 Å². The van der Waals surface area contributed by atoms with Gasteiger partial charge in [-0.25, -0.2) is 15.0 Å². The summed E-state index contributed by atoms with van der Waals surface area (Å²) >= 11 is 1.47. The Kier molecular flexibility index (Phi) is 7.29. The van der Waals surface area contributed by atoms with Crippen molar-refractivity contribution in [3.63, 3.8) is 0 Å². The molecule has 0 saturated heterocycles. The Hall–Kier alpha value is -4.70. The minimum absolute atomic E-state index is 0.227. The quantitative estimate of drug-likeness (QED) is 0.210. The van der Waals surface area contributed by atoms with Crippen LogP contribution in [-0.2, 0) is 0 Å². The number of rotatable bonds is 8. The molecule has 3 aromatic heterocycles. The molecule has 0 aliphatic carbocycles. The fourth-order valence-electron chi connectivity index (χ4n) is 4.48. The molecule has 0 bridgehead atoms. The first-order chi connectivity index (χ1) is 18.9. The number of nitrogens with two attached hydrogens (primary N) is 1. The van der Waals surface area contributed by atoms with Crippen LogP contribution >= 0.6 is 11.3 Å². The molecule has 2 unspecified atom stereocenters. The summed E-state index contributed by atoms with van der Waals surface area (Å²) in [5.41, 5.74) is 8.91. The second-order valence-corrected chi connectivity index (χ2v) is 10.2. The molecule has 0 spiro atoms. The van der Waals surface area contributed by atoms with E-state index >= 15 is 0 Å². The Morgan fingerprint density at radius 3 is 2.64 bits per heavy atom. The van der Waals surface area contributed by atoms with E-state index in [1.54, 1.807) is 30.1 Å². The fourth-order valence-corrected chi connectivity index (χ4v) is 5.35. The van der Waals surface area contributed by atoms with Crippen molar-refractivity contribution in [2.24, 2.45) is 10.7 Å². The molecular weight excluding hydrogens is 510 g/mol. The van der Waals surface area contributed by atoms with Gasteiger partial charge in [-0.2, -0.15) is 0 Å². The number of methoxy groups -OCH3 is 1. The van der Waals surface area contributed by atoms with Gasteiger partial charge in [0.25, 0.3) is 5.56 Å². The molecule has 2 atom stereocenters. The molecule has 2 aromatic carbocycles. The molecule has 0 radical (unpaired) electrons. The normalized spacial score (nSPS) is 13.3. The zero-order valence-corrected chi connectivity index (χ0v) is 22.5. The summed E-state index contributed by atoms with van der Waals surface area (Å²) in [5.74, 6) is 0.639. The number of nitrogens with one attached hydrogen (secondary N) is 1. The number of hydrogen-bond donors (Lipinski definition) is 2. The summed E-state index contributed by atoms with van der Waals surface area (Å²) in [5, 5.41) is 9.30. The summed E-state index contributed by atoms with van der Waals surface area (Å²) in [6.45, 7) is 3.75. The number of thiazole rings is 1. The predicted octanol–water partition coefficient (Wildman–Crippen LogP) is 5.07. The van der Waals surface area contributed by atoms with Crippen molar-refractivity contribution in [1.82, 2.24) is 19.5 Å². The van der Waals surface area contributed by atoms with Crippen LogP contribution in [0.25, 0.3) is 27.7 Å². The molecule has 0 saturated carbocycles. The van der Waals surface area contributed by atoms with Gasteiger partial charge in [-0.15, -0.1) is 11.3 Å². The molecule has 5 rings (SSSR count). The van der Waals surface area contributed by atoms with Crippen LogP contribution in [0.15, 0.2) is 82.8 Å². The van der Waals surface area contributed by atoms with Gasteiger partial charge in [0.2, 0.25) is 5.88 Å². The van der Waals surface area contributed by atoms with Crippen LogP contribution in [0.4, 0.5) is 0 Å². The van der Waals surface area contributed by atoms with E-state index in [4.69, 9.17) is 25.9 Å². The third-order valence-corrected chi connectivity index (χ3v) is 7.34. The van der Waals surface area contributed by atoms with E-state index in [1.165, 1.54) is 17.6 Å². The first-order valence-electron chi connectivity index (χ1n) is 12.3. The van der Waals surface area contributed by atoms with E-state index in [-0.39, 0.29) is 11.4 Å². The number of hydrogen-bond acceptors (Lipinski definition) is 8. The Morgan fingerprint density at radius 2 is 1.95 bits per heavy atom. The highest BCUT2D eigenvalue weighted by atomic mass is 32.1. The van der Waals surface area contributed by atoms with E-state index in [1.807, 2.05) is 68.4 Å². The van der Waals surface area contributed by atoms with Gasteiger partial charge >= 0.3 is 0 Å². The summed E-state index contributed by atoms with van der Waals surface area (Å²) in [7, 11) is 1.55. The first kappa shape index (κ1) is 25.9. The van der Waals surface area contributed by atoms with Gasteiger partial charge in [0.1, 0.15) is 17.7 Å². The van der Waals surface area contributed by atoms with Crippen LogP contribution in [0.3, 0.4) is 0 Å². The standard InChI is InChI=1S/C29H27N7O2S/c1-17(34-27(31)22(15-30)24-16-33-18(2)39-24)28-35-23-11-7-10-21(19-12-13-32-25(14-19)38-3)26(23)29(37)36(28)20-8-5-4-6-9-20/h4-17,22,30H,1-3H3,(H2,31,34). The molecule has 0 aliphatic heterocycles. The number of aromatic nitrogens is 4. The average molecular weight is 538 g/mol. The van der Waals surface area contributed by atoms with Crippen LogP contribution in [-0.4, -0.2) is 38.7 Å². The average Bonchev–Trinajstić information content (AvgIpc) is 3.38. The Bertz CT molecular complexity index is 1740. The van der Waals surface area contributed by atoms with Crippen molar-refractivity contribution < 1.29 is 4.74 Å². The number of benzene rings is 2. The first-order valence-corrected chi connectivity index (χ1v) is 13.1. The van der Waals surface area contributed by atoms with Crippen LogP contribution in [0, 0.1) is 12.3 Å². The van der Waals surface area contributed by atoms with Crippen LogP contribution < -0.4 is 16.0 Å². The number of fused-ring (bicyclic) bond motifs is 1. The lowest BCUT2D eigenvalue weighted by Gasteiger charge is -2.19. The number of ether oxygens (including phenoxy) is 1. The third kappa shape index (κ3) is 5.06. The second-order valence-electron chi connectivity index (χ2n) is 8.89. The lowest BCUT2D eigenvalue weighted by Crippen LogP contribution is -2.27. The summed E-state index contributed by atoms with van der Waals surface area (Å²) in [6.07, 6.45) is 4.62. The van der Waals surface area contributed by atoms with Gasteiger partial charge in [-0.05, 0) is 49.2 Å². The second kappa shape index (κ2) is 11.0. The van der Waals surface area contributed by atoms with Crippen LogP contribution in [0.1, 0.15) is 34.6 Å². The predicted molar refractivity (Wildman–Crippen MR) is 156 cm³/mol. The van der Waals surface area contributed by atoms with Crippen molar-refractivity contribution in [2.45, 2.75) is 25.8 Å². The van der Waals surface area contributed by atoms with E-state index in [0.717, 1.165) is 21.0 Å². The van der Waals surface area contributed by atoms with Crippen LogP contribution in [0.2, 0.25) is 0 Å². The van der Waals surface area contributed by atoms with Gasteiger partial charge in [0.05, 0.1) is 34.6 Å². The minimum Gasteiger partial charge on any atom is -0.481 e.